The fourth-order valence-electron chi connectivity index (χ4n) is 2.58. The molecule has 3 rings (SSSR count). The molecule has 0 aliphatic heterocycles. The number of hydrogen-bond acceptors (Lipinski definition) is 4. The fourth-order valence-corrected chi connectivity index (χ4v) is 2.58. The fraction of sp³-hybridized carbons (Fsp3) is 0.400. The Bertz CT molecular complexity index is 761. The maximum atomic E-state index is 5.74. The van der Waals surface area contributed by atoms with Gasteiger partial charge >= 0.3 is 27.7 Å². The molecular formula is C20H24ClN2O2Re. The first-order chi connectivity index (χ1) is 12.8. The van der Waals surface area contributed by atoms with Crippen LogP contribution in [0.2, 0.25) is 0 Å². The van der Waals surface area contributed by atoms with E-state index in [2.05, 4.69) is 35.9 Å². The van der Waals surface area contributed by atoms with Crippen molar-refractivity contribution in [2.75, 3.05) is 13.2 Å². The number of aromatic nitrogens is 2. The molecule has 0 amide bonds. The summed E-state index contributed by atoms with van der Waals surface area (Å²) in [5.74, 6) is 1.63. The first-order valence-corrected chi connectivity index (χ1v) is 12.3. The summed E-state index contributed by atoms with van der Waals surface area (Å²) in [5, 5.41) is 2.09. The number of ether oxygens (including phenoxy) is 2. The predicted octanol–water partition coefficient (Wildman–Crippen LogP) is 5.83. The van der Waals surface area contributed by atoms with Gasteiger partial charge in [0.05, 0.1) is 36.6 Å². The SMILES string of the molecule is CCCCOc1cnc2c(ccc3cc(OCCCC)cnc32)c1.[Cl][Re]. The molecule has 0 saturated carbocycles. The second-order valence-electron chi connectivity index (χ2n) is 5.96. The molecule has 0 atom stereocenters. The van der Waals surface area contributed by atoms with Gasteiger partial charge in [0.2, 0.25) is 0 Å². The van der Waals surface area contributed by atoms with Crippen molar-refractivity contribution in [1.82, 2.24) is 9.97 Å². The van der Waals surface area contributed by atoms with E-state index < -0.39 is 0 Å². The van der Waals surface area contributed by atoms with Gasteiger partial charge in [0, 0.05) is 10.8 Å². The molecule has 2 aromatic heterocycles. The van der Waals surface area contributed by atoms with Crippen LogP contribution in [0.4, 0.5) is 0 Å². The zero-order chi connectivity index (χ0) is 18.8. The molecule has 0 saturated heterocycles. The summed E-state index contributed by atoms with van der Waals surface area (Å²) >= 11 is 1.19. The van der Waals surface area contributed by atoms with Crippen molar-refractivity contribution in [1.29, 1.82) is 0 Å². The molecule has 0 aliphatic carbocycles. The Kier molecular flexibility index (Phi) is 9.11. The number of pyridine rings is 2. The number of rotatable bonds is 8. The molecule has 0 aliphatic rings. The van der Waals surface area contributed by atoms with Crippen molar-refractivity contribution in [3.05, 3.63) is 36.7 Å². The Morgan fingerprint density at radius 2 is 1.23 bits per heavy atom. The Labute approximate surface area is 169 Å². The van der Waals surface area contributed by atoms with Gasteiger partial charge in [-0.15, -0.1) is 0 Å². The van der Waals surface area contributed by atoms with E-state index in [0.717, 1.165) is 72.2 Å². The molecule has 0 N–H and O–H groups in total. The van der Waals surface area contributed by atoms with Crippen LogP contribution in [0.25, 0.3) is 21.8 Å². The van der Waals surface area contributed by atoms with E-state index in [1.165, 1.54) is 18.2 Å². The van der Waals surface area contributed by atoms with Gasteiger partial charge in [0.1, 0.15) is 11.5 Å². The molecule has 26 heavy (non-hydrogen) atoms. The average molecular weight is 546 g/mol. The van der Waals surface area contributed by atoms with Crippen LogP contribution in [0, 0.1) is 0 Å². The van der Waals surface area contributed by atoms with Crippen LogP contribution in [0.1, 0.15) is 39.5 Å². The third-order valence-electron chi connectivity index (χ3n) is 3.98. The van der Waals surface area contributed by atoms with Crippen molar-refractivity contribution in [2.24, 2.45) is 0 Å². The molecule has 3 aromatic rings. The minimum absolute atomic E-state index is 0.730. The van der Waals surface area contributed by atoms with Crippen LogP contribution in [0.3, 0.4) is 0 Å². The average Bonchev–Trinajstić information content (AvgIpc) is 2.69. The number of halogens is 1. The summed E-state index contributed by atoms with van der Waals surface area (Å²) < 4.78 is 11.5. The molecule has 0 bridgehead atoms. The van der Waals surface area contributed by atoms with Crippen LogP contribution >= 0.6 is 9.53 Å². The van der Waals surface area contributed by atoms with Gasteiger partial charge in [-0.05, 0) is 25.0 Å². The van der Waals surface area contributed by atoms with Gasteiger partial charge in [-0.2, -0.15) is 0 Å². The van der Waals surface area contributed by atoms with Crippen LogP contribution < -0.4 is 9.47 Å². The molecule has 0 spiro atoms. The zero-order valence-corrected chi connectivity index (χ0v) is 18.6. The molecule has 0 unspecified atom stereocenters. The van der Waals surface area contributed by atoms with Crippen molar-refractivity contribution in [3.8, 4) is 11.5 Å². The third kappa shape index (κ3) is 5.54. The molecule has 0 radical (unpaired) electrons. The van der Waals surface area contributed by atoms with Gasteiger partial charge < -0.3 is 9.47 Å². The van der Waals surface area contributed by atoms with Crippen molar-refractivity contribution in [3.63, 3.8) is 0 Å². The zero-order valence-electron chi connectivity index (χ0n) is 15.2. The van der Waals surface area contributed by atoms with E-state index in [9.17, 15) is 0 Å². The van der Waals surface area contributed by atoms with E-state index >= 15 is 0 Å². The third-order valence-corrected chi connectivity index (χ3v) is 3.98. The summed E-state index contributed by atoms with van der Waals surface area (Å²) in [7, 11) is 4.69. The first-order valence-electron chi connectivity index (χ1n) is 8.90. The summed E-state index contributed by atoms with van der Waals surface area (Å²) in [5.41, 5.74) is 1.80. The molecule has 140 valence electrons. The normalized spacial score (nSPS) is 10.5. The van der Waals surface area contributed by atoms with Gasteiger partial charge in [0.25, 0.3) is 0 Å². The number of benzene rings is 1. The predicted molar refractivity (Wildman–Crippen MR) is 104 cm³/mol. The van der Waals surface area contributed by atoms with Crippen LogP contribution in [0.5, 0.6) is 11.5 Å². The van der Waals surface area contributed by atoms with Gasteiger partial charge in [-0.3, -0.25) is 9.97 Å². The minimum atomic E-state index is 0.730. The van der Waals surface area contributed by atoms with Crippen molar-refractivity contribution < 1.29 is 27.7 Å². The topological polar surface area (TPSA) is 44.2 Å². The maximum absolute atomic E-state index is 5.74. The Morgan fingerprint density at radius 1 is 0.808 bits per heavy atom. The van der Waals surface area contributed by atoms with E-state index in [0.29, 0.717) is 0 Å². The summed E-state index contributed by atoms with van der Waals surface area (Å²) in [6.45, 7) is 5.77. The number of hydrogen-bond donors (Lipinski definition) is 0. The van der Waals surface area contributed by atoms with Gasteiger partial charge in [-0.1, -0.05) is 38.8 Å². The standard InChI is InChI=1S/C20H24N2O2.ClH.Re/c1-3-5-9-23-17-11-15-7-8-16-12-18(24-10-6-4-2)14-22-20(16)19(15)21-13-17;;/h7-8,11-14H,3-6,9-10H2,1-2H3;1H;/q;;+1/p-1. The van der Waals surface area contributed by atoms with Crippen LogP contribution in [-0.2, 0) is 18.2 Å². The molecule has 4 nitrogen and oxygen atoms in total. The van der Waals surface area contributed by atoms with Crippen LogP contribution in [-0.4, -0.2) is 23.2 Å². The first kappa shape index (κ1) is 20.9. The van der Waals surface area contributed by atoms with Gasteiger partial charge in [-0.25, -0.2) is 0 Å². The van der Waals surface area contributed by atoms with E-state index in [1.54, 1.807) is 12.4 Å². The Balaban J connectivity index is 0.00000117. The Hall–Kier alpha value is -1.41. The van der Waals surface area contributed by atoms with E-state index in [1.807, 2.05) is 12.1 Å². The molecule has 1 aromatic carbocycles. The molecule has 6 heteroatoms. The Morgan fingerprint density at radius 3 is 1.62 bits per heavy atom. The summed E-state index contributed by atoms with van der Waals surface area (Å²) in [6.07, 6.45) is 7.92. The van der Waals surface area contributed by atoms with Crippen LogP contribution in [0.15, 0.2) is 36.7 Å². The second-order valence-corrected chi connectivity index (χ2v) is 5.96. The molecule has 0 fully saturated rings. The number of fused-ring (bicyclic) bond motifs is 3. The van der Waals surface area contributed by atoms with Gasteiger partial charge in [0.15, 0.2) is 0 Å². The number of nitrogens with zero attached hydrogens (tertiary/aromatic N) is 2. The second kappa shape index (κ2) is 11.3. The summed E-state index contributed by atoms with van der Waals surface area (Å²) in [6, 6.07) is 8.19. The van der Waals surface area contributed by atoms with E-state index in [-0.39, 0.29) is 0 Å². The monoisotopic (exact) mass is 546 g/mol. The van der Waals surface area contributed by atoms with E-state index in [4.69, 9.17) is 19.0 Å². The molecular weight excluding hydrogens is 522 g/mol. The quantitative estimate of drug-likeness (QED) is 0.264. The van der Waals surface area contributed by atoms with Crippen molar-refractivity contribution >= 4 is 31.3 Å². The van der Waals surface area contributed by atoms with Crippen molar-refractivity contribution in [2.45, 2.75) is 39.5 Å². The molecule has 2 heterocycles. The summed E-state index contributed by atoms with van der Waals surface area (Å²) in [4.78, 5) is 9.13. The number of unbranched alkanes of at least 4 members (excludes halogenated alkanes) is 2.